The van der Waals surface area contributed by atoms with Crippen LogP contribution in [0.15, 0.2) is 134 Å². The molecule has 0 saturated carbocycles. The van der Waals surface area contributed by atoms with Crippen LogP contribution in [0.1, 0.15) is 264 Å². The molecule has 81 heavy (non-hydrogen) atoms. The summed E-state index contributed by atoms with van der Waals surface area (Å²) in [7, 11) is 1.59. The molecule has 0 aromatic carbocycles. The lowest BCUT2D eigenvalue weighted by atomic mass is 10.0. The van der Waals surface area contributed by atoms with E-state index in [4.69, 9.17) is 9.05 Å². The largest absolute Gasteiger partial charge is 0.472 e. The summed E-state index contributed by atoms with van der Waals surface area (Å²) in [4.78, 5) is 23.4. The zero-order valence-electron chi connectivity index (χ0n) is 53.0. The lowest BCUT2D eigenvalue weighted by Gasteiger charge is -2.26. The fourth-order valence-corrected chi connectivity index (χ4v) is 9.79. The molecule has 0 saturated heterocycles. The molecule has 0 spiro atoms. The zero-order valence-corrected chi connectivity index (χ0v) is 53.9. The molecule has 0 radical (unpaired) electrons. The van der Waals surface area contributed by atoms with E-state index in [2.05, 4.69) is 153 Å². The summed E-state index contributed by atoms with van der Waals surface area (Å²) < 4.78 is 23.8. The third-order valence-electron chi connectivity index (χ3n) is 14.2. The number of phosphoric acid groups is 1. The van der Waals surface area contributed by atoms with E-state index >= 15 is 0 Å². The number of amides is 1. The number of hydrogen-bond acceptors (Lipinski definition) is 5. The summed E-state index contributed by atoms with van der Waals surface area (Å²) in [6.07, 6.45) is 92.4. The van der Waals surface area contributed by atoms with Crippen LogP contribution >= 0.6 is 7.82 Å². The minimum absolute atomic E-state index is 0.0642. The third kappa shape index (κ3) is 64.1. The van der Waals surface area contributed by atoms with Crippen molar-refractivity contribution >= 4 is 13.7 Å². The predicted octanol–water partition coefficient (Wildman–Crippen LogP) is 21.0. The number of hydrogen-bond donors (Lipinski definition) is 3. The molecule has 3 atom stereocenters. The summed E-state index contributed by atoms with van der Waals surface area (Å²) in [5.41, 5.74) is 0. The van der Waals surface area contributed by atoms with Crippen LogP contribution in [-0.4, -0.2) is 73.4 Å². The first-order valence-electron chi connectivity index (χ1n) is 33.0. The maximum atomic E-state index is 13.0. The maximum Gasteiger partial charge on any atom is 0.472 e. The first-order chi connectivity index (χ1) is 39.5. The molecule has 3 unspecified atom stereocenters. The van der Waals surface area contributed by atoms with E-state index in [-0.39, 0.29) is 19.1 Å². The highest BCUT2D eigenvalue weighted by molar-refractivity contribution is 7.47. The number of nitrogens with one attached hydrogen (secondary N) is 1. The highest BCUT2D eigenvalue weighted by Crippen LogP contribution is 2.43. The van der Waals surface area contributed by atoms with Gasteiger partial charge in [0.1, 0.15) is 13.2 Å². The Morgan fingerprint density at radius 2 is 0.741 bits per heavy atom. The minimum atomic E-state index is -4.34. The van der Waals surface area contributed by atoms with Crippen LogP contribution < -0.4 is 5.32 Å². The molecule has 0 heterocycles. The molecule has 1 amide bonds. The van der Waals surface area contributed by atoms with Crippen LogP contribution in [0.3, 0.4) is 0 Å². The van der Waals surface area contributed by atoms with Gasteiger partial charge in [-0.05, 0) is 96.3 Å². The molecule has 9 heteroatoms. The first-order valence-corrected chi connectivity index (χ1v) is 34.5. The molecule has 8 nitrogen and oxygen atoms in total. The van der Waals surface area contributed by atoms with Crippen LogP contribution in [0.4, 0.5) is 0 Å². The average molecular weight is 1150 g/mol. The molecule has 0 aromatic rings. The number of quaternary nitrogens is 1. The van der Waals surface area contributed by atoms with Gasteiger partial charge in [0.2, 0.25) is 5.91 Å². The number of phosphoric ester groups is 1. The van der Waals surface area contributed by atoms with E-state index in [0.717, 1.165) is 128 Å². The number of likely N-dealkylation sites (N-methyl/N-ethyl adjacent to an activating group) is 1. The Kier molecular flexibility index (Phi) is 58.7. The maximum absolute atomic E-state index is 13.0. The summed E-state index contributed by atoms with van der Waals surface area (Å²) >= 11 is 0. The molecule has 0 fully saturated rings. The van der Waals surface area contributed by atoms with E-state index in [1.54, 1.807) is 0 Å². The van der Waals surface area contributed by atoms with Gasteiger partial charge in [-0.3, -0.25) is 13.8 Å². The number of carbonyl (C=O) groups is 1. The number of allylic oxidation sites excluding steroid dienone is 22. The minimum Gasteiger partial charge on any atom is -0.391 e. The highest BCUT2D eigenvalue weighted by atomic mass is 31.2. The van der Waals surface area contributed by atoms with Gasteiger partial charge in [0.15, 0.2) is 0 Å². The molecule has 0 rings (SSSR count). The van der Waals surface area contributed by atoms with Gasteiger partial charge in [0.05, 0.1) is 39.9 Å². The van der Waals surface area contributed by atoms with Gasteiger partial charge < -0.3 is 19.8 Å². The van der Waals surface area contributed by atoms with Crippen molar-refractivity contribution in [2.75, 3.05) is 40.9 Å². The lowest BCUT2D eigenvalue weighted by molar-refractivity contribution is -0.870. The van der Waals surface area contributed by atoms with Crippen LogP contribution in [0.5, 0.6) is 0 Å². The fraction of sp³-hybridized carbons (Fsp3) is 0.681. The van der Waals surface area contributed by atoms with Crippen molar-refractivity contribution in [2.45, 2.75) is 276 Å². The van der Waals surface area contributed by atoms with Crippen LogP contribution in [-0.2, 0) is 18.4 Å². The Labute approximate surface area is 500 Å². The van der Waals surface area contributed by atoms with Gasteiger partial charge in [-0.2, -0.15) is 0 Å². The van der Waals surface area contributed by atoms with E-state index in [1.165, 1.54) is 109 Å². The zero-order chi connectivity index (χ0) is 59.1. The van der Waals surface area contributed by atoms with Crippen molar-refractivity contribution in [3.8, 4) is 0 Å². The fourth-order valence-electron chi connectivity index (χ4n) is 9.05. The number of aliphatic hydroxyl groups excluding tert-OH is 1. The molecule has 0 aromatic heterocycles. The Balaban J connectivity index is 4.18. The molecule has 0 aliphatic carbocycles. The monoisotopic (exact) mass is 1150 g/mol. The summed E-state index contributed by atoms with van der Waals surface area (Å²) in [5, 5.41) is 14.1. The quantitative estimate of drug-likeness (QED) is 0.0243. The van der Waals surface area contributed by atoms with Crippen molar-refractivity contribution in [2.24, 2.45) is 0 Å². The number of carbonyl (C=O) groups excluding carboxylic acids is 1. The number of aliphatic hydroxyl groups is 1. The second-order valence-electron chi connectivity index (χ2n) is 23.1. The first kappa shape index (κ1) is 77.6. The van der Waals surface area contributed by atoms with Gasteiger partial charge in [-0.1, -0.05) is 295 Å². The standard InChI is InChI=1S/C72H125N2O6P/c1-6-8-10-12-14-16-18-20-22-24-26-28-29-30-31-32-33-34-35-36-37-38-39-40-41-42-43-44-45-46-48-50-52-54-56-58-60-62-64-66-72(76)73-70(69-80-81(77,78)79-68-67-74(3,4)5)71(75)65-63-61-59-57-55-53-51-49-47-27-25-23-21-19-17-15-13-11-9-7-2/h8,10,14,16,20,22,26,28,30-31,33-34,36-37,39-40,42-43,45-46,50,52,70-71,75H,6-7,9,11-13,15,17-19,21,23-25,27,29,32,35,38,41,44,47-49,51,53-69H2,1-5H3,(H-,73,76,77,78)/p+1/b10-8-,16-14-,22-20-,28-26-,31-30-,34-33-,37-36-,40-39-,43-42-,46-45-,52-50-. The van der Waals surface area contributed by atoms with Crippen LogP contribution in [0.2, 0.25) is 0 Å². The smallest absolute Gasteiger partial charge is 0.391 e. The normalized spacial score (nSPS) is 14.6. The molecular weight excluding hydrogens is 1020 g/mol. The van der Waals surface area contributed by atoms with E-state index < -0.39 is 20.0 Å². The Bertz CT molecular complexity index is 1780. The van der Waals surface area contributed by atoms with Crippen LogP contribution in [0.25, 0.3) is 0 Å². The topological polar surface area (TPSA) is 105 Å². The van der Waals surface area contributed by atoms with Crippen molar-refractivity contribution in [1.82, 2.24) is 5.32 Å². The number of nitrogens with zero attached hydrogens (tertiary/aromatic N) is 1. The van der Waals surface area contributed by atoms with Gasteiger partial charge in [-0.15, -0.1) is 0 Å². The van der Waals surface area contributed by atoms with E-state index in [0.29, 0.717) is 23.9 Å². The number of rotatable bonds is 59. The van der Waals surface area contributed by atoms with Gasteiger partial charge in [0.25, 0.3) is 0 Å². The Morgan fingerprint density at radius 1 is 0.432 bits per heavy atom. The van der Waals surface area contributed by atoms with Crippen molar-refractivity contribution in [3.63, 3.8) is 0 Å². The van der Waals surface area contributed by atoms with Crippen LogP contribution in [0, 0.1) is 0 Å². The second-order valence-corrected chi connectivity index (χ2v) is 24.6. The number of unbranched alkanes of at least 4 members (excludes halogenated alkanes) is 24. The summed E-state index contributed by atoms with van der Waals surface area (Å²) in [6.45, 7) is 4.77. The molecule has 3 N–H and O–H groups in total. The van der Waals surface area contributed by atoms with Gasteiger partial charge in [0, 0.05) is 6.42 Å². The highest BCUT2D eigenvalue weighted by Gasteiger charge is 2.28. The summed E-state index contributed by atoms with van der Waals surface area (Å²) in [6, 6.07) is -0.782. The summed E-state index contributed by atoms with van der Waals surface area (Å²) in [5.74, 6) is -0.166. The molecule has 0 aliphatic heterocycles. The average Bonchev–Trinajstić information content (AvgIpc) is 3.43. The lowest BCUT2D eigenvalue weighted by Crippen LogP contribution is -2.46. The van der Waals surface area contributed by atoms with Gasteiger partial charge >= 0.3 is 7.82 Å². The third-order valence-corrected chi connectivity index (χ3v) is 15.1. The van der Waals surface area contributed by atoms with Gasteiger partial charge in [-0.25, -0.2) is 4.57 Å². The van der Waals surface area contributed by atoms with Crippen molar-refractivity contribution < 1.29 is 32.9 Å². The molecule has 0 aliphatic rings. The molecular formula is C72H126N2O6P+. The second kappa shape index (κ2) is 61.2. The predicted molar refractivity (Wildman–Crippen MR) is 355 cm³/mol. The van der Waals surface area contributed by atoms with Crippen molar-refractivity contribution in [3.05, 3.63) is 134 Å². The van der Waals surface area contributed by atoms with E-state index in [9.17, 15) is 19.4 Å². The SMILES string of the molecule is CC/C=C\C/C=C\C/C=C\C/C=C\C/C=C\C/C=C\C/C=C\C/C=C\C/C=C\C/C=C\C/C=C\CCCCCCCC(=O)NC(COP(=O)(O)OCC[N+](C)(C)C)C(O)CCCCCCCCCCCCCCCCCCCCCC. The molecule has 0 bridgehead atoms. The van der Waals surface area contributed by atoms with E-state index in [1.807, 2.05) is 21.1 Å². The van der Waals surface area contributed by atoms with Crippen molar-refractivity contribution in [1.29, 1.82) is 0 Å². The molecule has 464 valence electrons. The Hall–Kier alpha value is -3.36. The Morgan fingerprint density at radius 3 is 1.09 bits per heavy atom.